The molecule has 2 N–H and O–H groups in total. The van der Waals surface area contributed by atoms with Gasteiger partial charge in [0.25, 0.3) is 5.91 Å². The quantitative estimate of drug-likeness (QED) is 0.896. The summed E-state index contributed by atoms with van der Waals surface area (Å²) in [4.78, 5) is 15.2. The van der Waals surface area contributed by atoms with Crippen LogP contribution in [0, 0.1) is 0 Å². The van der Waals surface area contributed by atoms with E-state index in [2.05, 4.69) is 25.1 Å². The molecule has 0 aliphatic carbocycles. The first-order valence-electron chi connectivity index (χ1n) is 8.75. The zero-order valence-electron chi connectivity index (χ0n) is 13.7. The van der Waals surface area contributed by atoms with Gasteiger partial charge in [-0.3, -0.25) is 4.79 Å². The summed E-state index contributed by atoms with van der Waals surface area (Å²) in [6.07, 6.45) is 6.47. The lowest BCUT2D eigenvalue weighted by molar-refractivity contribution is 0.0826. The number of ether oxygens (including phenoxy) is 1. The third kappa shape index (κ3) is 3.08. The smallest absolute Gasteiger partial charge is 0.267 e. The lowest BCUT2D eigenvalue weighted by Crippen LogP contribution is -2.35. The van der Waals surface area contributed by atoms with E-state index in [0.29, 0.717) is 11.6 Å². The highest BCUT2D eigenvalue weighted by Gasteiger charge is 2.26. The molecule has 24 heavy (non-hydrogen) atoms. The first kappa shape index (κ1) is 15.4. The standard InChI is InChI=1S/C17H23N5O2/c23-17(14-2-1-8-18-14)19-13-3-4-15-20-21-16(22(15)9-5-13)12-6-10-24-11-7-12/h1-2,8,12-13,18H,3-7,9-11H2,(H,19,23). The monoisotopic (exact) mass is 329 g/mol. The molecule has 4 heterocycles. The fraction of sp³-hybridized carbons (Fsp3) is 0.588. The molecule has 1 fully saturated rings. The van der Waals surface area contributed by atoms with E-state index in [1.165, 1.54) is 0 Å². The van der Waals surface area contributed by atoms with Crippen molar-refractivity contribution in [2.24, 2.45) is 0 Å². The summed E-state index contributed by atoms with van der Waals surface area (Å²) in [6.45, 7) is 2.48. The Morgan fingerprint density at radius 2 is 2.12 bits per heavy atom. The Kier molecular flexibility index (Phi) is 4.34. The lowest BCUT2D eigenvalue weighted by atomic mass is 9.99. The second kappa shape index (κ2) is 6.76. The molecule has 2 aliphatic rings. The molecule has 128 valence electrons. The molecule has 0 saturated carbocycles. The molecule has 7 heteroatoms. The van der Waals surface area contributed by atoms with Crippen LogP contribution in [-0.2, 0) is 17.7 Å². The van der Waals surface area contributed by atoms with Crippen molar-refractivity contribution >= 4 is 5.91 Å². The van der Waals surface area contributed by atoms with E-state index >= 15 is 0 Å². The molecule has 2 aromatic rings. The fourth-order valence-corrected chi connectivity index (χ4v) is 3.65. The van der Waals surface area contributed by atoms with E-state index in [1.807, 2.05) is 6.07 Å². The predicted octanol–water partition coefficient (Wildman–Crippen LogP) is 1.64. The lowest BCUT2D eigenvalue weighted by Gasteiger charge is -2.22. The number of aromatic amines is 1. The maximum absolute atomic E-state index is 12.2. The Hall–Kier alpha value is -2.15. The van der Waals surface area contributed by atoms with E-state index < -0.39 is 0 Å². The van der Waals surface area contributed by atoms with Crippen LogP contribution in [0.5, 0.6) is 0 Å². The normalized spacial score (nSPS) is 21.9. The fourth-order valence-electron chi connectivity index (χ4n) is 3.65. The van der Waals surface area contributed by atoms with Crippen molar-refractivity contribution in [2.75, 3.05) is 13.2 Å². The molecular weight excluding hydrogens is 306 g/mol. The molecule has 1 unspecified atom stereocenters. The van der Waals surface area contributed by atoms with E-state index in [1.54, 1.807) is 12.3 Å². The number of aromatic nitrogens is 4. The molecule has 1 saturated heterocycles. The van der Waals surface area contributed by atoms with Crippen molar-refractivity contribution in [3.05, 3.63) is 35.7 Å². The maximum Gasteiger partial charge on any atom is 0.267 e. The number of rotatable bonds is 3. The minimum absolute atomic E-state index is 0.0349. The Balaban J connectivity index is 1.42. The van der Waals surface area contributed by atoms with Crippen molar-refractivity contribution in [3.63, 3.8) is 0 Å². The number of fused-ring (bicyclic) bond motifs is 1. The minimum atomic E-state index is -0.0349. The Morgan fingerprint density at radius 3 is 2.92 bits per heavy atom. The zero-order chi connectivity index (χ0) is 16.4. The SMILES string of the molecule is O=C(NC1CCc2nnc(C3CCOCC3)n2CC1)c1ccc[nH]1. The third-order valence-electron chi connectivity index (χ3n) is 5.04. The molecule has 1 amide bonds. The summed E-state index contributed by atoms with van der Waals surface area (Å²) in [5.41, 5.74) is 0.613. The Labute approximate surface area is 140 Å². The number of carbonyl (C=O) groups is 1. The van der Waals surface area contributed by atoms with Crippen LogP contribution in [0.1, 0.15) is 53.7 Å². The minimum Gasteiger partial charge on any atom is -0.381 e. The van der Waals surface area contributed by atoms with Crippen molar-refractivity contribution in [3.8, 4) is 0 Å². The third-order valence-corrected chi connectivity index (χ3v) is 5.04. The molecule has 4 rings (SSSR count). The van der Waals surface area contributed by atoms with Crippen LogP contribution in [0.2, 0.25) is 0 Å². The summed E-state index contributed by atoms with van der Waals surface area (Å²) >= 11 is 0. The van der Waals surface area contributed by atoms with Gasteiger partial charge < -0.3 is 19.6 Å². The molecular formula is C17H23N5O2. The number of amides is 1. The first-order valence-corrected chi connectivity index (χ1v) is 8.75. The van der Waals surface area contributed by atoms with Crippen LogP contribution in [0.15, 0.2) is 18.3 Å². The van der Waals surface area contributed by atoms with Crippen molar-refractivity contribution in [1.82, 2.24) is 25.1 Å². The van der Waals surface area contributed by atoms with Gasteiger partial charge in [-0.05, 0) is 37.8 Å². The first-order chi connectivity index (χ1) is 11.8. The molecule has 0 aromatic carbocycles. The number of H-pyrrole nitrogens is 1. The van der Waals surface area contributed by atoms with Gasteiger partial charge in [-0.15, -0.1) is 10.2 Å². The van der Waals surface area contributed by atoms with Crippen LogP contribution in [0.4, 0.5) is 0 Å². The van der Waals surface area contributed by atoms with Crippen LogP contribution in [0.3, 0.4) is 0 Å². The van der Waals surface area contributed by atoms with Gasteiger partial charge in [0, 0.05) is 44.3 Å². The number of nitrogens with one attached hydrogen (secondary N) is 2. The van der Waals surface area contributed by atoms with Crippen LogP contribution >= 0.6 is 0 Å². The van der Waals surface area contributed by atoms with E-state index in [4.69, 9.17) is 4.74 Å². The van der Waals surface area contributed by atoms with E-state index in [9.17, 15) is 4.79 Å². The van der Waals surface area contributed by atoms with Crippen LogP contribution in [-0.4, -0.2) is 44.9 Å². The van der Waals surface area contributed by atoms with Crippen LogP contribution in [0.25, 0.3) is 0 Å². The van der Waals surface area contributed by atoms with Gasteiger partial charge in [0.15, 0.2) is 0 Å². The summed E-state index contributed by atoms with van der Waals surface area (Å²) in [7, 11) is 0. The van der Waals surface area contributed by atoms with E-state index in [0.717, 1.165) is 63.5 Å². The van der Waals surface area contributed by atoms with Crippen molar-refractivity contribution in [2.45, 2.75) is 50.6 Å². The van der Waals surface area contributed by atoms with Crippen LogP contribution < -0.4 is 5.32 Å². The van der Waals surface area contributed by atoms with Gasteiger partial charge in [-0.25, -0.2) is 0 Å². The largest absolute Gasteiger partial charge is 0.381 e. The Morgan fingerprint density at radius 1 is 1.25 bits per heavy atom. The second-order valence-corrected chi connectivity index (χ2v) is 6.59. The molecule has 1 atom stereocenters. The molecule has 2 aliphatic heterocycles. The summed E-state index contributed by atoms with van der Waals surface area (Å²) in [5.74, 6) is 2.56. The molecule has 0 radical (unpaired) electrons. The summed E-state index contributed by atoms with van der Waals surface area (Å²) in [5, 5.41) is 12.0. The van der Waals surface area contributed by atoms with Crippen molar-refractivity contribution < 1.29 is 9.53 Å². The van der Waals surface area contributed by atoms with Gasteiger partial charge >= 0.3 is 0 Å². The van der Waals surface area contributed by atoms with Crippen molar-refractivity contribution in [1.29, 1.82) is 0 Å². The summed E-state index contributed by atoms with van der Waals surface area (Å²) < 4.78 is 7.73. The number of hydrogen-bond donors (Lipinski definition) is 2. The predicted molar refractivity (Wildman–Crippen MR) is 87.8 cm³/mol. The number of aryl methyl sites for hydroxylation is 1. The highest BCUT2D eigenvalue weighted by molar-refractivity contribution is 5.92. The van der Waals surface area contributed by atoms with Gasteiger partial charge in [0.2, 0.25) is 0 Å². The summed E-state index contributed by atoms with van der Waals surface area (Å²) in [6, 6.07) is 3.80. The topological polar surface area (TPSA) is 84.8 Å². The number of hydrogen-bond acceptors (Lipinski definition) is 4. The highest BCUT2D eigenvalue weighted by Crippen LogP contribution is 2.27. The molecule has 7 nitrogen and oxygen atoms in total. The second-order valence-electron chi connectivity index (χ2n) is 6.59. The van der Waals surface area contributed by atoms with Gasteiger partial charge in [0.1, 0.15) is 17.3 Å². The number of nitrogens with zero attached hydrogens (tertiary/aromatic N) is 3. The van der Waals surface area contributed by atoms with Gasteiger partial charge in [0.05, 0.1) is 0 Å². The maximum atomic E-state index is 12.2. The number of carbonyl (C=O) groups excluding carboxylic acids is 1. The molecule has 2 aromatic heterocycles. The van der Waals surface area contributed by atoms with Gasteiger partial charge in [-0.1, -0.05) is 0 Å². The highest BCUT2D eigenvalue weighted by atomic mass is 16.5. The molecule has 0 bridgehead atoms. The zero-order valence-corrected chi connectivity index (χ0v) is 13.7. The average molecular weight is 329 g/mol. The Bertz CT molecular complexity index is 688. The molecule has 0 spiro atoms. The average Bonchev–Trinajstić information content (AvgIpc) is 3.24. The van der Waals surface area contributed by atoms with E-state index in [-0.39, 0.29) is 11.9 Å². The van der Waals surface area contributed by atoms with Gasteiger partial charge in [-0.2, -0.15) is 0 Å².